The molecule has 5 aliphatic rings. The Morgan fingerprint density at radius 2 is 1.26 bits per heavy atom. The predicted octanol–water partition coefficient (Wildman–Crippen LogP) is 14.4. The van der Waals surface area contributed by atoms with Gasteiger partial charge in [0, 0.05) is 38.4 Å². The zero-order valence-corrected chi connectivity index (χ0v) is 31.3. The molecule has 2 nitrogen and oxygen atoms in total. The smallest absolute Gasteiger partial charge is 0.135 e. The molecule has 2 spiro atoms. The Balaban J connectivity index is 1.17. The van der Waals surface area contributed by atoms with Gasteiger partial charge in [-0.3, -0.25) is 0 Å². The Bertz CT molecular complexity index is 2630. The van der Waals surface area contributed by atoms with E-state index in [2.05, 4.69) is 139 Å². The average molecular weight is 702 g/mol. The fourth-order valence-corrected chi connectivity index (χ4v) is 13.2. The number of para-hydroxylation sites is 1. The van der Waals surface area contributed by atoms with Crippen molar-refractivity contribution in [2.75, 3.05) is 4.90 Å². The van der Waals surface area contributed by atoms with Gasteiger partial charge in [-0.25, -0.2) is 0 Å². The van der Waals surface area contributed by atoms with Crippen molar-refractivity contribution < 1.29 is 4.42 Å². The average Bonchev–Trinajstić information content (AvgIpc) is 3.99. The molecule has 6 aromatic carbocycles. The third kappa shape index (κ3) is 3.97. The van der Waals surface area contributed by atoms with Crippen LogP contribution in [-0.4, -0.2) is 0 Å². The Hall–Kier alpha value is -5.08. The molecule has 0 aliphatic heterocycles. The van der Waals surface area contributed by atoms with E-state index in [0.717, 1.165) is 17.1 Å². The third-order valence-corrected chi connectivity index (χ3v) is 15.1. The number of benzene rings is 6. The van der Waals surface area contributed by atoms with Crippen molar-refractivity contribution >= 4 is 39.0 Å². The molecular weight excluding hydrogens is 655 g/mol. The second kappa shape index (κ2) is 11.5. The van der Waals surface area contributed by atoms with Gasteiger partial charge in [-0.15, -0.1) is 0 Å². The minimum atomic E-state index is 0.0587. The maximum absolute atomic E-state index is 6.42. The minimum absolute atomic E-state index is 0.0587. The van der Waals surface area contributed by atoms with Crippen molar-refractivity contribution in [3.05, 3.63) is 150 Å². The van der Waals surface area contributed by atoms with Gasteiger partial charge >= 0.3 is 0 Å². The van der Waals surface area contributed by atoms with Crippen LogP contribution in [0.1, 0.15) is 93.4 Å². The predicted molar refractivity (Wildman–Crippen MR) is 223 cm³/mol. The van der Waals surface area contributed by atoms with Crippen LogP contribution in [0.3, 0.4) is 0 Å². The van der Waals surface area contributed by atoms with Crippen LogP contribution in [-0.2, 0) is 10.8 Å². The van der Waals surface area contributed by atoms with Crippen LogP contribution in [0.25, 0.3) is 44.2 Å². The van der Waals surface area contributed by atoms with Gasteiger partial charge in [-0.1, -0.05) is 130 Å². The van der Waals surface area contributed by atoms with E-state index >= 15 is 0 Å². The lowest BCUT2D eigenvalue weighted by Gasteiger charge is -2.54. The summed E-state index contributed by atoms with van der Waals surface area (Å²) in [5.74, 6) is 2.21. The highest BCUT2D eigenvalue weighted by molar-refractivity contribution is 6.08. The Morgan fingerprint density at radius 1 is 0.593 bits per heavy atom. The number of hydrogen-bond acceptors (Lipinski definition) is 2. The summed E-state index contributed by atoms with van der Waals surface area (Å²) in [7, 11) is 0. The molecule has 2 heteroatoms. The molecule has 0 amide bonds. The summed E-state index contributed by atoms with van der Waals surface area (Å²) < 4.78 is 6.42. The first kappa shape index (κ1) is 31.3. The van der Waals surface area contributed by atoms with Gasteiger partial charge < -0.3 is 9.32 Å². The molecule has 5 aliphatic carbocycles. The molecule has 2 bridgehead atoms. The molecule has 0 saturated heterocycles. The topological polar surface area (TPSA) is 16.4 Å². The number of fused-ring (bicyclic) bond motifs is 16. The molecule has 0 radical (unpaired) electrons. The van der Waals surface area contributed by atoms with Gasteiger partial charge in [0.25, 0.3) is 0 Å². The van der Waals surface area contributed by atoms with Crippen molar-refractivity contribution in [2.24, 2.45) is 17.8 Å². The van der Waals surface area contributed by atoms with Crippen LogP contribution < -0.4 is 4.90 Å². The maximum Gasteiger partial charge on any atom is 0.135 e. The quantitative estimate of drug-likeness (QED) is 0.182. The maximum atomic E-state index is 6.42. The summed E-state index contributed by atoms with van der Waals surface area (Å²) in [4.78, 5) is 2.66. The first-order valence-electron chi connectivity index (χ1n) is 20.9. The van der Waals surface area contributed by atoms with E-state index in [1.807, 2.05) is 0 Å². The van der Waals surface area contributed by atoms with E-state index in [9.17, 15) is 0 Å². The molecule has 3 fully saturated rings. The SMILES string of the molecule is CCC1CC2CCCC(C2)C12c1ccccc1-c1c(N(c3ccc4oc5ccccc5c4c3)c3cccc4c3-c3ccccc3C43CCCC3)cccc12. The van der Waals surface area contributed by atoms with Crippen LogP contribution >= 0.6 is 0 Å². The van der Waals surface area contributed by atoms with Crippen molar-refractivity contribution in [1.82, 2.24) is 0 Å². The van der Waals surface area contributed by atoms with E-state index in [1.54, 1.807) is 11.1 Å². The Labute approximate surface area is 318 Å². The lowest BCUT2D eigenvalue weighted by molar-refractivity contribution is 0.0557. The van der Waals surface area contributed by atoms with Gasteiger partial charge in [0.05, 0.1) is 11.4 Å². The van der Waals surface area contributed by atoms with E-state index in [1.165, 1.54) is 125 Å². The van der Waals surface area contributed by atoms with E-state index < -0.39 is 0 Å². The van der Waals surface area contributed by atoms with Crippen LogP contribution in [0, 0.1) is 17.8 Å². The molecule has 12 rings (SSSR count). The van der Waals surface area contributed by atoms with Gasteiger partial charge in [-0.2, -0.15) is 0 Å². The van der Waals surface area contributed by atoms with Gasteiger partial charge in [0.2, 0.25) is 0 Å². The molecular formula is C52H47NO. The van der Waals surface area contributed by atoms with Crippen LogP contribution in [0.5, 0.6) is 0 Å². The van der Waals surface area contributed by atoms with Gasteiger partial charge in [-0.05, 0) is 120 Å². The van der Waals surface area contributed by atoms with Crippen LogP contribution in [0.15, 0.2) is 132 Å². The summed E-state index contributed by atoms with van der Waals surface area (Å²) in [5.41, 5.74) is 17.8. The number of hydrogen-bond donors (Lipinski definition) is 0. The van der Waals surface area contributed by atoms with Crippen LogP contribution in [0.2, 0.25) is 0 Å². The van der Waals surface area contributed by atoms with E-state index in [0.29, 0.717) is 11.8 Å². The molecule has 54 heavy (non-hydrogen) atoms. The van der Waals surface area contributed by atoms with E-state index in [-0.39, 0.29) is 10.8 Å². The summed E-state index contributed by atoms with van der Waals surface area (Å²) in [5, 5.41) is 2.34. The Kier molecular flexibility index (Phi) is 6.64. The second-order valence-electron chi connectivity index (χ2n) is 17.3. The number of nitrogens with zero attached hydrogens (tertiary/aromatic N) is 1. The highest BCUT2D eigenvalue weighted by Crippen LogP contribution is 2.67. The second-order valence-corrected chi connectivity index (χ2v) is 17.3. The standard InChI is InChI=1S/C52H47NO/c1-2-34-30-33-14-11-15-35(31-33)52(34)42-20-7-4-18-39(42)50-44(52)22-13-24-46(50)53(36-26-27-48-40(32-36)37-16-5-8-25-47(37)54-48)45-23-12-21-43-49(45)38-17-3-6-19-41(38)51(43)28-9-10-29-51/h3-8,12-13,16-27,32-35H,2,9-11,14-15,28-31H2,1H3. The van der Waals surface area contributed by atoms with Crippen molar-refractivity contribution in [3.63, 3.8) is 0 Å². The molecule has 266 valence electrons. The zero-order valence-electron chi connectivity index (χ0n) is 31.3. The summed E-state index contributed by atoms with van der Waals surface area (Å²) in [6, 6.07) is 49.0. The fourth-order valence-electron chi connectivity index (χ4n) is 13.2. The lowest BCUT2D eigenvalue weighted by atomic mass is 9.50. The molecule has 7 aromatic rings. The fraction of sp³-hybridized carbons (Fsp3) is 0.308. The van der Waals surface area contributed by atoms with Crippen molar-refractivity contribution in [2.45, 2.75) is 82.0 Å². The molecule has 4 unspecified atom stereocenters. The highest BCUT2D eigenvalue weighted by Gasteiger charge is 2.57. The monoisotopic (exact) mass is 701 g/mol. The largest absolute Gasteiger partial charge is 0.456 e. The molecule has 1 heterocycles. The minimum Gasteiger partial charge on any atom is -0.456 e. The normalized spacial score (nSPS) is 24.2. The first-order chi connectivity index (χ1) is 26.7. The molecule has 4 atom stereocenters. The summed E-state index contributed by atoms with van der Waals surface area (Å²) in [6.07, 6.45) is 13.1. The van der Waals surface area contributed by atoms with Gasteiger partial charge in [0.15, 0.2) is 0 Å². The lowest BCUT2D eigenvalue weighted by Crippen LogP contribution is -2.48. The molecule has 3 saturated carbocycles. The molecule has 0 N–H and O–H groups in total. The van der Waals surface area contributed by atoms with Crippen molar-refractivity contribution in [1.29, 1.82) is 0 Å². The number of anilines is 3. The number of rotatable bonds is 4. The summed E-state index contributed by atoms with van der Waals surface area (Å²) in [6.45, 7) is 2.47. The highest BCUT2D eigenvalue weighted by atomic mass is 16.3. The van der Waals surface area contributed by atoms with E-state index in [4.69, 9.17) is 4.42 Å². The third-order valence-electron chi connectivity index (χ3n) is 15.1. The zero-order chi connectivity index (χ0) is 35.6. The number of furan rings is 1. The van der Waals surface area contributed by atoms with Crippen LogP contribution in [0.4, 0.5) is 17.1 Å². The van der Waals surface area contributed by atoms with Crippen molar-refractivity contribution in [3.8, 4) is 22.3 Å². The summed E-state index contributed by atoms with van der Waals surface area (Å²) >= 11 is 0. The van der Waals surface area contributed by atoms with Gasteiger partial charge in [0.1, 0.15) is 11.2 Å². The Morgan fingerprint density at radius 3 is 2.07 bits per heavy atom. The first-order valence-corrected chi connectivity index (χ1v) is 20.9. The molecule has 1 aromatic heterocycles.